The third kappa shape index (κ3) is 56.6. The van der Waals surface area contributed by atoms with Crippen LogP contribution in [0.1, 0.15) is 213 Å². The molecular weight excluding hydrogens is 953 g/mol. The minimum absolute atomic E-state index is 0. The van der Waals surface area contributed by atoms with E-state index in [0.29, 0.717) is 64.4 Å². The van der Waals surface area contributed by atoms with E-state index in [0.717, 1.165) is 93.2 Å². The van der Waals surface area contributed by atoms with Crippen LogP contribution in [0.25, 0.3) is 0 Å². The highest BCUT2D eigenvalue weighted by Crippen LogP contribution is 2.36. The molecule has 0 radical (unpaired) electrons. The van der Waals surface area contributed by atoms with E-state index in [-0.39, 0.29) is 32.7 Å². The number of ether oxygens (including phenoxy) is 7. The van der Waals surface area contributed by atoms with Crippen molar-refractivity contribution >= 4 is 0 Å². The molecule has 0 saturated heterocycles. The zero-order chi connectivity index (χ0) is 57.2. The Morgan fingerprint density at radius 1 is 0.461 bits per heavy atom. The van der Waals surface area contributed by atoms with Crippen LogP contribution in [0.5, 0.6) is 5.75 Å². The molecule has 0 aromatic heterocycles. The molecule has 2 aromatic carbocycles. The van der Waals surface area contributed by atoms with Crippen molar-refractivity contribution in [2.75, 3.05) is 93.0 Å². The van der Waals surface area contributed by atoms with Gasteiger partial charge in [0.1, 0.15) is 12.4 Å². The number of rotatable bonds is 39. The molecule has 0 spiro atoms. The molecular formula is C66H128O10. The lowest BCUT2D eigenvalue weighted by Gasteiger charge is -2.33. The lowest BCUT2D eigenvalue weighted by atomic mass is 9.72. The quantitative estimate of drug-likeness (QED) is 0.0557. The summed E-state index contributed by atoms with van der Waals surface area (Å²) < 4.78 is 37.1. The van der Waals surface area contributed by atoms with Crippen molar-refractivity contribution < 1.29 is 48.5 Å². The molecule has 0 amide bonds. The minimum atomic E-state index is 0. The summed E-state index contributed by atoms with van der Waals surface area (Å²) in [5.74, 6) is 5.78. The van der Waals surface area contributed by atoms with Gasteiger partial charge in [-0.1, -0.05) is 205 Å². The molecule has 2 aromatic rings. The standard InChI is InChI=1S/C23H32O2.2C15H32O2.C8H18O2.C4H10O2.CH4/c1-22(2,3)18-23(4,5)20-11-13-21(14-12-20)25-16-15-24-17-19-9-7-6-8-10-19;2*1-13(2)5-6-14(3)7-8-15(4)9-11-17-12-10-16;1-4-8(5-2)10-7-6-9-3;1-2-6-4-3-5;/h6-14H,15-18H2,1-5H3;2*13-16H,5-12H2,1-4H3;8H,4-7H2,1-3H3;5H,2-4H2,1H3;1H4. The predicted molar refractivity (Wildman–Crippen MR) is 326 cm³/mol. The first-order valence-electron chi connectivity index (χ1n) is 29.7. The van der Waals surface area contributed by atoms with Gasteiger partial charge in [-0.05, 0) is 109 Å². The van der Waals surface area contributed by atoms with Crippen LogP contribution in [-0.4, -0.2) is 114 Å². The molecule has 452 valence electrons. The Kier molecular flexibility index (Phi) is 58.0. The van der Waals surface area contributed by atoms with Crippen LogP contribution in [0, 0.1) is 40.9 Å². The monoisotopic (exact) mass is 1080 g/mol. The second-order valence-corrected chi connectivity index (χ2v) is 23.5. The minimum Gasteiger partial charge on any atom is -0.491 e. The summed E-state index contributed by atoms with van der Waals surface area (Å²) in [6.07, 6.45) is 16.8. The zero-order valence-electron chi connectivity index (χ0n) is 52.0. The van der Waals surface area contributed by atoms with E-state index in [1.54, 1.807) is 7.11 Å². The van der Waals surface area contributed by atoms with Gasteiger partial charge in [0.25, 0.3) is 0 Å². The van der Waals surface area contributed by atoms with Crippen molar-refractivity contribution in [1.29, 1.82) is 0 Å². The van der Waals surface area contributed by atoms with Gasteiger partial charge in [-0.2, -0.15) is 0 Å². The van der Waals surface area contributed by atoms with Crippen molar-refractivity contribution in [3.05, 3.63) is 65.7 Å². The second-order valence-electron chi connectivity index (χ2n) is 23.5. The van der Waals surface area contributed by atoms with E-state index >= 15 is 0 Å². The Morgan fingerprint density at radius 3 is 1.28 bits per heavy atom. The lowest BCUT2D eigenvalue weighted by Crippen LogP contribution is -2.24. The van der Waals surface area contributed by atoms with Crippen molar-refractivity contribution in [2.45, 2.75) is 220 Å². The first kappa shape index (κ1) is 80.4. The van der Waals surface area contributed by atoms with Gasteiger partial charge in [0.05, 0.1) is 72.2 Å². The Balaban J connectivity index is -0.000000454. The second kappa shape index (κ2) is 54.8. The normalized spacial score (nSPS) is 12.9. The largest absolute Gasteiger partial charge is 0.491 e. The van der Waals surface area contributed by atoms with Gasteiger partial charge in [0, 0.05) is 26.9 Å². The van der Waals surface area contributed by atoms with Crippen molar-refractivity contribution in [2.24, 2.45) is 40.9 Å². The highest BCUT2D eigenvalue weighted by molar-refractivity contribution is 5.31. The Hall–Kier alpha value is -2.12. The molecule has 0 heterocycles. The third-order valence-electron chi connectivity index (χ3n) is 13.0. The van der Waals surface area contributed by atoms with Gasteiger partial charge in [-0.25, -0.2) is 0 Å². The predicted octanol–water partition coefficient (Wildman–Crippen LogP) is 16.2. The SMILES string of the molecule is C.CC(C)(C)CC(C)(C)c1ccc(OCCOCc2ccccc2)cc1.CC(C)CCC(C)CCC(C)CCOCCO.CC(C)CCC(C)CCC(C)CCOCCO.CCC(CC)OCCOC.CCOCCO. The molecule has 10 heteroatoms. The molecule has 2 rings (SSSR count). The molecule has 0 fully saturated rings. The molecule has 4 atom stereocenters. The number of aliphatic hydroxyl groups excluding tert-OH is 3. The topological polar surface area (TPSA) is 125 Å². The van der Waals surface area contributed by atoms with Crippen LogP contribution in [0.15, 0.2) is 54.6 Å². The maximum atomic E-state index is 8.59. The number of methoxy groups -OCH3 is 1. The first-order chi connectivity index (χ1) is 35.6. The van der Waals surface area contributed by atoms with Crippen molar-refractivity contribution in [3.63, 3.8) is 0 Å². The van der Waals surface area contributed by atoms with Crippen molar-refractivity contribution in [3.8, 4) is 5.75 Å². The Morgan fingerprint density at radius 2 is 0.895 bits per heavy atom. The fourth-order valence-electron chi connectivity index (χ4n) is 8.30. The van der Waals surface area contributed by atoms with E-state index in [1.165, 1.54) is 62.5 Å². The summed E-state index contributed by atoms with van der Waals surface area (Å²) in [7, 11) is 1.69. The van der Waals surface area contributed by atoms with Gasteiger partial charge >= 0.3 is 0 Å². The molecule has 4 unspecified atom stereocenters. The maximum Gasteiger partial charge on any atom is 0.119 e. The maximum absolute atomic E-state index is 8.59. The van der Waals surface area contributed by atoms with Gasteiger partial charge in [0.15, 0.2) is 0 Å². The average Bonchev–Trinajstić information content (AvgIpc) is 3.37. The van der Waals surface area contributed by atoms with E-state index in [1.807, 2.05) is 25.1 Å². The van der Waals surface area contributed by atoms with Gasteiger partial charge in [-0.3, -0.25) is 0 Å². The summed E-state index contributed by atoms with van der Waals surface area (Å²) in [6.45, 7) is 43.6. The Labute approximate surface area is 471 Å². The number of hydrogen-bond donors (Lipinski definition) is 3. The van der Waals surface area contributed by atoms with Gasteiger partial charge in [-0.15, -0.1) is 0 Å². The number of hydrogen-bond acceptors (Lipinski definition) is 10. The first-order valence-corrected chi connectivity index (χ1v) is 29.7. The van der Waals surface area contributed by atoms with Crippen LogP contribution in [0.3, 0.4) is 0 Å². The fourth-order valence-corrected chi connectivity index (χ4v) is 8.30. The van der Waals surface area contributed by atoms with E-state index in [9.17, 15) is 0 Å². The van der Waals surface area contributed by atoms with Gasteiger partial charge in [0.2, 0.25) is 0 Å². The molecule has 76 heavy (non-hydrogen) atoms. The van der Waals surface area contributed by atoms with Crippen LogP contribution in [0.4, 0.5) is 0 Å². The Bertz CT molecular complexity index is 1370. The summed E-state index contributed by atoms with van der Waals surface area (Å²) in [5.41, 5.74) is 3.02. The molecule has 10 nitrogen and oxygen atoms in total. The number of aliphatic hydroxyl groups is 3. The highest BCUT2D eigenvalue weighted by atomic mass is 16.5. The summed E-state index contributed by atoms with van der Waals surface area (Å²) in [6, 6.07) is 18.7. The molecule has 0 aliphatic carbocycles. The molecule has 0 aliphatic heterocycles. The highest BCUT2D eigenvalue weighted by Gasteiger charge is 2.27. The molecule has 0 bridgehead atoms. The van der Waals surface area contributed by atoms with Crippen LogP contribution >= 0.6 is 0 Å². The van der Waals surface area contributed by atoms with Crippen LogP contribution in [0.2, 0.25) is 0 Å². The molecule has 0 aliphatic rings. The zero-order valence-corrected chi connectivity index (χ0v) is 52.0. The third-order valence-corrected chi connectivity index (χ3v) is 13.0. The average molecular weight is 1080 g/mol. The summed E-state index contributed by atoms with van der Waals surface area (Å²) in [4.78, 5) is 0. The molecule has 0 saturated carbocycles. The van der Waals surface area contributed by atoms with Gasteiger partial charge < -0.3 is 48.5 Å². The number of benzene rings is 2. The summed E-state index contributed by atoms with van der Waals surface area (Å²) in [5, 5.41) is 25.2. The van der Waals surface area contributed by atoms with E-state index < -0.39 is 0 Å². The fraction of sp³-hybridized carbons (Fsp3) is 0.818. The smallest absolute Gasteiger partial charge is 0.119 e. The lowest BCUT2D eigenvalue weighted by molar-refractivity contribution is 0.0139. The molecule has 3 N–H and O–H groups in total. The van der Waals surface area contributed by atoms with E-state index in [4.69, 9.17) is 48.5 Å². The van der Waals surface area contributed by atoms with Crippen LogP contribution < -0.4 is 4.74 Å². The van der Waals surface area contributed by atoms with E-state index in [2.05, 4.69) is 140 Å². The summed E-state index contributed by atoms with van der Waals surface area (Å²) >= 11 is 0. The van der Waals surface area contributed by atoms with Crippen molar-refractivity contribution in [1.82, 2.24) is 0 Å². The van der Waals surface area contributed by atoms with Crippen LogP contribution in [-0.2, 0) is 40.4 Å².